The molecular formula is C21H26N4O4. The second kappa shape index (κ2) is 9.36. The molecule has 0 saturated carbocycles. The molecule has 3 rings (SSSR count). The smallest absolute Gasteiger partial charge is 0.289 e. The molecule has 1 saturated heterocycles. The predicted molar refractivity (Wildman–Crippen MR) is 107 cm³/mol. The highest BCUT2D eigenvalue weighted by atomic mass is 16.3. The molecule has 1 fully saturated rings. The highest BCUT2D eigenvalue weighted by Gasteiger charge is 2.27. The Bertz CT molecular complexity index is 857. The predicted octanol–water partition coefficient (Wildman–Crippen LogP) is 2.14. The molecule has 8 heteroatoms. The number of unbranched alkanes of at least 4 members (excludes halogenated alkanes) is 1. The van der Waals surface area contributed by atoms with Crippen LogP contribution in [0, 0.1) is 0 Å². The zero-order valence-corrected chi connectivity index (χ0v) is 16.8. The third-order valence-electron chi connectivity index (χ3n) is 5.01. The number of amides is 3. The maximum Gasteiger partial charge on any atom is 0.289 e. The molecule has 2 aromatic heterocycles. The van der Waals surface area contributed by atoms with Crippen molar-refractivity contribution in [1.82, 2.24) is 19.7 Å². The van der Waals surface area contributed by atoms with Gasteiger partial charge in [-0.25, -0.2) is 0 Å². The summed E-state index contributed by atoms with van der Waals surface area (Å²) in [5.74, 6) is -0.238. The fourth-order valence-electron chi connectivity index (χ4n) is 3.23. The van der Waals surface area contributed by atoms with Gasteiger partial charge >= 0.3 is 0 Å². The number of carbonyl (C=O) groups excluding carboxylic acids is 3. The maximum absolute atomic E-state index is 12.8. The number of furan rings is 1. The van der Waals surface area contributed by atoms with E-state index in [1.165, 1.54) is 12.5 Å². The van der Waals surface area contributed by atoms with Crippen LogP contribution < -0.4 is 0 Å². The van der Waals surface area contributed by atoms with Gasteiger partial charge in [0.15, 0.2) is 5.76 Å². The number of piperazine rings is 1. The highest BCUT2D eigenvalue weighted by Crippen LogP contribution is 2.13. The van der Waals surface area contributed by atoms with E-state index in [-0.39, 0.29) is 23.4 Å². The van der Waals surface area contributed by atoms with E-state index in [0.29, 0.717) is 44.0 Å². The molecule has 0 aromatic carbocycles. The van der Waals surface area contributed by atoms with Crippen molar-refractivity contribution in [2.24, 2.45) is 0 Å². The summed E-state index contributed by atoms with van der Waals surface area (Å²) in [6.45, 7) is 4.40. The van der Waals surface area contributed by atoms with Gasteiger partial charge in [-0.3, -0.25) is 19.4 Å². The lowest BCUT2D eigenvalue weighted by Crippen LogP contribution is -2.50. The molecule has 0 atom stereocenters. The molecule has 2 aromatic rings. The van der Waals surface area contributed by atoms with Crippen molar-refractivity contribution in [3.8, 4) is 0 Å². The number of nitrogens with zero attached hydrogens (tertiary/aromatic N) is 4. The van der Waals surface area contributed by atoms with Crippen molar-refractivity contribution in [1.29, 1.82) is 0 Å². The molecule has 0 unspecified atom stereocenters. The Hall–Kier alpha value is -3.16. The van der Waals surface area contributed by atoms with Gasteiger partial charge in [0, 0.05) is 51.5 Å². The first-order chi connectivity index (χ1) is 14.0. The Morgan fingerprint density at radius 1 is 1.10 bits per heavy atom. The fraction of sp³-hybridized carbons (Fsp3) is 0.429. The molecule has 154 valence electrons. The Labute approximate surface area is 170 Å². The van der Waals surface area contributed by atoms with Crippen LogP contribution in [0.2, 0.25) is 0 Å². The van der Waals surface area contributed by atoms with Gasteiger partial charge < -0.3 is 19.1 Å². The second-order valence-electron chi connectivity index (χ2n) is 7.07. The lowest BCUT2D eigenvalue weighted by Gasteiger charge is -2.34. The zero-order chi connectivity index (χ0) is 20.8. The van der Waals surface area contributed by atoms with Crippen molar-refractivity contribution in [3.63, 3.8) is 0 Å². The van der Waals surface area contributed by atoms with Crippen LogP contribution in [0.3, 0.4) is 0 Å². The molecule has 0 radical (unpaired) electrons. The van der Waals surface area contributed by atoms with Crippen LogP contribution in [0.25, 0.3) is 0 Å². The standard InChI is InChI=1S/C21H26N4O4/c1-3-4-9-23(2)19(26)16-7-8-22-17(15-16)20(27)24-10-12-25(13-11-24)21(28)18-6-5-14-29-18/h5-8,14-15H,3-4,9-13H2,1-2H3. The first kappa shape index (κ1) is 20.6. The average molecular weight is 398 g/mol. The third kappa shape index (κ3) is 4.82. The van der Waals surface area contributed by atoms with Gasteiger partial charge in [-0.05, 0) is 30.7 Å². The molecule has 3 heterocycles. The Morgan fingerprint density at radius 2 is 1.79 bits per heavy atom. The van der Waals surface area contributed by atoms with Crippen LogP contribution in [0.15, 0.2) is 41.1 Å². The number of aromatic nitrogens is 1. The minimum Gasteiger partial charge on any atom is -0.459 e. The molecular weight excluding hydrogens is 372 g/mol. The van der Waals surface area contributed by atoms with Crippen LogP contribution in [-0.4, -0.2) is 77.2 Å². The Morgan fingerprint density at radius 3 is 2.41 bits per heavy atom. The fourth-order valence-corrected chi connectivity index (χ4v) is 3.23. The molecule has 3 amide bonds. The molecule has 0 aliphatic carbocycles. The average Bonchev–Trinajstić information content (AvgIpc) is 3.31. The highest BCUT2D eigenvalue weighted by molar-refractivity contribution is 5.98. The van der Waals surface area contributed by atoms with Gasteiger partial charge in [0.05, 0.1) is 6.26 Å². The summed E-state index contributed by atoms with van der Waals surface area (Å²) in [6, 6.07) is 6.48. The minimum absolute atomic E-state index is 0.122. The van der Waals surface area contributed by atoms with E-state index in [1.807, 2.05) is 0 Å². The molecule has 1 aliphatic rings. The Kier molecular flexibility index (Phi) is 6.64. The number of hydrogen-bond donors (Lipinski definition) is 0. The lowest BCUT2D eigenvalue weighted by atomic mass is 10.1. The molecule has 0 spiro atoms. The number of hydrogen-bond acceptors (Lipinski definition) is 5. The second-order valence-corrected chi connectivity index (χ2v) is 7.07. The van der Waals surface area contributed by atoms with Crippen molar-refractivity contribution in [3.05, 3.63) is 53.7 Å². The first-order valence-electron chi connectivity index (χ1n) is 9.84. The quantitative estimate of drug-likeness (QED) is 0.744. The van der Waals surface area contributed by atoms with Crippen LogP contribution in [0.5, 0.6) is 0 Å². The van der Waals surface area contributed by atoms with E-state index in [0.717, 1.165) is 12.8 Å². The summed E-state index contributed by atoms with van der Waals surface area (Å²) in [6.07, 6.45) is 4.89. The van der Waals surface area contributed by atoms with Crippen LogP contribution in [0.1, 0.15) is 51.2 Å². The molecule has 0 N–H and O–H groups in total. The monoisotopic (exact) mass is 398 g/mol. The van der Waals surface area contributed by atoms with Crippen molar-refractivity contribution in [2.45, 2.75) is 19.8 Å². The van der Waals surface area contributed by atoms with Crippen LogP contribution in [-0.2, 0) is 0 Å². The van der Waals surface area contributed by atoms with E-state index in [4.69, 9.17) is 4.42 Å². The van der Waals surface area contributed by atoms with Crippen LogP contribution >= 0.6 is 0 Å². The van der Waals surface area contributed by atoms with Gasteiger partial charge in [-0.2, -0.15) is 0 Å². The SMILES string of the molecule is CCCCN(C)C(=O)c1ccnc(C(=O)N2CCN(C(=O)c3ccco3)CC2)c1. The van der Waals surface area contributed by atoms with Gasteiger partial charge in [0.1, 0.15) is 5.69 Å². The molecule has 29 heavy (non-hydrogen) atoms. The molecule has 1 aliphatic heterocycles. The normalized spacial score (nSPS) is 14.0. The van der Waals surface area contributed by atoms with E-state index in [9.17, 15) is 14.4 Å². The van der Waals surface area contributed by atoms with Crippen LogP contribution in [0.4, 0.5) is 0 Å². The molecule has 0 bridgehead atoms. The van der Waals surface area contributed by atoms with Gasteiger partial charge in [0.2, 0.25) is 0 Å². The van der Waals surface area contributed by atoms with E-state index in [2.05, 4.69) is 11.9 Å². The third-order valence-corrected chi connectivity index (χ3v) is 5.01. The van der Waals surface area contributed by atoms with E-state index >= 15 is 0 Å². The summed E-state index contributed by atoms with van der Waals surface area (Å²) in [5, 5.41) is 0. The summed E-state index contributed by atoms with van der Waals surface area (Å²) >= 11 is 0. The van der Waals surface area contributed by atoms with E-state index in [1.54, 1.807) is 46.0 Å². The largest absolute Gasteiger partial charge is 0.459 e. The van der Waals surface area contributed by atoms with Crippen molar-refractivity contribution < 1.29 is 18.8 Å². The number of rotatable bonds is 6. The summed E-state index contributed by atoms with van der Waals surface area (Å²) in [7, 11) is 1.76. The minimum atomic E-state index is -0.235. The molecule has 8 nitrogen and oxygen atoms in total. The number of carbonyl (C=O) groups is 3. The summed E-state index contributed by atoms with van der Waals surface area (Å²) < 4.78 is 5.15. The zero-order valence-electron chi connectivity index (χ0n) is 16.8. The number of pyridine rings is 1. The van der Waals surface area contributed by atoms with E-state index < -0.39 is 0 Å². The maximum atomic E-state index is 12.8. The lowest BCUT2D eigenvalue weighted by molar-refractivity contribution is 0.0515. The topological polar surface area (TPSA) is 87.0 Å². The Balaban J connectivity index is 1.61. The summed E-state index contributed by atoms with van der Waals surface area (Å²) in [5.41, 5.74) is 0.694. The van der Waals surface area contributed by atoms with Crippen molar-refractivity contribution >= 4 is 17.7 Å². The van der Waals surface area contributed by atoms with Gasteiger partial charge in [0.25, 0.3) is 17.7 Å². The van der Waals surface area contributed by atoms with Gasteiger partial charge in [-0.15, -0.1) is 0 Å². The van der Waals surface area contributed by atoms with Gasteiger partial charge in [-0.1, -0.05) is 13.3 Å². The van der Waals surface area contributed by atoms with Crippen molar-refractivity contribution in [2.75, 3.05) is 39.8 Å². The summed E-state index contributed by atoms with van der Waals surface area (Å²) in [4.78, 5) is 46.9. The first-order valence-corrected chi connectivity index (χ1v) is 9.84.